The van der Waals surface area contributed by atoms with Crippen molar-refractivity contribution in [2.75, 3.05) is 6.61 Å². The van der Waals surface area contributed by atoms with Gasteiger partial charge >= 0.3 is 5.97 Å². The summed E-state index contributed by atoms with van der Waals surface area (Å²) < 4.78 is 4.94. The zero-order valence-corrected chi connectivity index (χ0v) is 9.35. The molecule has 1 aromatic rings. The van der Waals surface area contributed by atoms with Crippen LogP contribution in [-0.2, 0) is 9.53 Å². The first-order valence-corrected chi connectivity index (χ1v) is 5.33. The lowest BCUT2D eigenvalue weighted by Gasteiger charge is -2.11. The number of benzene rings is 1. The molecule has 0 saturated heterocycles. The second-order valence-corrected chi connectivity index (χ2v) is 3.62. The fourth-order valence-corrected chi connectivity index (χ4v) is 1.29. The molecule has 0 aliphatic carbocycles. The average Bonchev–Trinajstić information content (AvgIpc) is 2.27. The van der Waals surface area contributed by atoms with Gasteiger partial charge in [-0.25, -0.2) is 0 Å². The Morgan fingerprint density at radius 2 is 2.06 bits per heavy atom. The van der Waals surface area contributed by atoms with Crippen LogP contribution >= 0.6 is 0 Å². The van der Waals surface area contributed by atoms with Crippen molar-refractivity contribution in [2.24, 2.45) is 5.73 Å². The second kappa shape index (κ2) is 6.12. The van der Waals surface area contributed by atoms with E-state index in [-0.39, 0.29) is 24.2 Å². The molecule has 0 fully saturated rings. The number of carbonyl (C=O) groups is 1. The summed E-state index contributed by atoms with van der Waals surface area (Å²) in [6.07, 6.45) is 0.963. The van der Waals surface area contributed by atoms with Crippen LogP contribution in [0.1, 0.15) is 31.4 Å². The Morgan fingerprint density at radius 1 is 1.44 bits per heavy atom. The van der Waals surface area contributed by atoms with Gasteiger partial charge in [0.05, 0.1) is 13.0 Å². The third kappa shape index (κ3) is 3.90. The maximum absolute atomic E-state index is 11.3. The predicted molar refractivity (Wildman–Crippen MR) is 60.9 cm³/mol. The van der Waals surface area contributed by atoms with Crippen LogP contribution in [0, 0.1) is 0 Å². The van der Waals surface area contributed by atoms with E-state index < -0.39 is 0 Å². The van der Waals surface area contributed by atoms with E-state index >= 15 is 0 Å². The number of phenols is 1. The van der Waals surface area contributed by atoms with E-state index in [4.69, 9.17) is 15.6 Å². The molecule has 1 unspecified atom stereocenters. The Bertz CT molecular complexity index is 335. The molecule has 0 radical (unpaired) electrons. The van der Waals surface area contributed by atoms with Crippen molar-refractivity contribution < 1.29 is 14.6 Å². The molecule has 4 heteroatoms. The Kier molecular flexibility index (Phi) is 4.79. The predicted octanol–water partition coefficient (Wildman–Crippen LogP) is 1.74. The van der Waals surface area contributed by atoms with Crippen molar-refractivity contribution in [1.29, 1.82) is 0 Å². The topological polar surface area (TPSA) is 72.5 Å². The third-order valence-electron chi connectivity index (χ3n) is 2.17. The molecule has 0 heterocycles. The molecule has 1 rings (SSSR count). The molecular weight excluding hydrogens is 206 g/mol. The van der Waals surface area contributed by atoms with Gasteiger partial charge in [-0.15, -0.1) is 0 Å². The van der Waals surface area contributed by atoms with Crippen molar-refractivity contribution in [3.8, 4) is 5.75 Å². The van der Waals surface area contributed by atoms with Crippen LogP contribution in [0.5, 0.6) is 5.75 Å². The number of carbonyl (C=O) groups excluding carboxylic acids is 1. The lowest BCUT2D eigenvalue weighted by Crippen LogP contribution is -2.17. The number of hydrogen-bond acceptors (Lipinski definition) is 4. The first-order valence-electron chi connectivity index (χ1n) is 5.33. The van der Waals surface area contributed by atoms with E-state index in [1.54, 1.807) is 24.3 Å². The number of rotatable bonds is 5. The van der Waals surface area contributed by atoms with Gasteiger partial charge in [0.1, 0.15) is 5.75 Å². The van der Waals surface area contributed by atoms with Gasteiger partial charge in [0.2, 0.25) is 0 Å². The summed E-state index contributed by atoms with van der Waals surface area (Å²) in [7, 11) is 0. The molecule has 0 bridgehead atoms. The molecule has 3 N–H and O–H groups in total. The monoisotopic (exact) mass is 223 g/mol. The van der Waals surface area contributed by atoms with Crippen molar-refractivity contribution in [1.82, 2.24) is 0 Å². The number of aromatic hydroxyl groups is 1. The molecule has 0 aliphatic heterocycles. The highest BCUT2D eigenvalue weighted by Crippen LogP contribution is 2.17. The fraction of sp³-hybridized carbons (Fsp3) is 0.417. The summed E-state index contributed by atoms with van der Waals surface area (Å²) in [5.41, 5.74) is 6.65. The standard InChI is InChI=1S/C12H17NO3/c1-2-7-16-12(15)8-11(13)9-3-5-10(14)6-4-9/h3-6,11,14H,2,7-8,13H2,1H3. The first kappa shape index (κ1) is 12.5. The molecule has 1 atom stereocenters. The summed E-state index contributed by atoms with van der Waals surface area (Å²) in [5, 5.41) is 9.10. The van der Waals surface area contributed by atoms with Gasteiger partial charge in [-0.3, -0.25) is 4.79 Å². The minimum absolute atomic E-state index is 0.158. The number of nitrogens with two attached hydrogens (primary N) is 1. The minimum Gasteiger partial charge on any atom is -0.508 e. The minimum atomic E-state index is -0.384. The molecule has 0 aromatic heterocycles. The SMILES string of the molecule is CCCOC(=O)CC(N)c1ccc(O)cc1. The number of esters is 1. The van der Waals surface area contributed by atoms with Crippen LogP contribution in [0.3, 0.4) is 0 Å². The summed E-state index contributed by atoms with van der Waals surface area (Å²) in [6, 6.07) is 6.12. The van der Waals surface area contributed by atoms with E-state index in [0.717, 1.165) is 12.0 Å². The van der Waals surface area contributed by atoms with Gasteiger partial charge in [0.25, 0.3) is 0 Å². The first-order chi connectivity index (χ1) is 7.63. The number of hydrogen-bond donors (Lipinski definition) is 2. The molecule has 16 heavy (non-hydrogen) atoms. The Labute approximate surface area is 95.0 Å². The van der Waals surface area contributed by atoms with Crippen molar-refractivity contribution in [2.45, 2.75) is 25.8 Å². The quantitative estimate of drug-likeness (QED) is 0.746. The average molecular weight is 223 g/mol. The number of ether oxygens (including phenoxy) is 1. The number of phenolic OH excluding ortho intramolecular Hbond substituents is 1. The largest absolute Gasteiger partial charge is 0.508 e. The van der Waals surface area contributed by atoms with Crippen LogP contribution in [0.15, 0.2) is 24.3 Å². The van der Waals surface area contributed by atoms with Gasteiger partial charge in [-0.1, -0.05) is 19.1 Å². The highest BCUT2D eigenvalue weighted by atomic mass is 16.5. The zero-order valence-electron chi connectivity index (χ0n) is 9.35. The maximum Gasteiger partial charge on any atom is 0.307 e. The highest BCUT2D eigenvalue weighted by Gasteiger charge is 2.12. The maximum atomic E-state index is 11.3. The van der Waals surface area contributed by atoms with E-state index in [0.29, 0.717) is 6.61 Å². The third-order valence-corrected chi connectivity index (χ3v) is 2.17. The van der Waals surface area contributed by atoms with Crippen LogP contribution < -0.4 is 5.73 Å². The van der Waals surface area contributed by atoms with E-state index in [1.807, 2.05) is 6.92 Å². The Hall–Kier alpha value is -1.55. The molecular formula is C12H17NO3. The van der Waals surface area contributed by atoms with Gasteiger partial charge in [-0.05, 0) is 24.1 Å². The molecule has 0 aliphatic rings. The second-order valence-electron chi connectivity index (χ2n) is 3.62. The van der Waals surface area contributed by atoms with Crippen LogP contribution in [0.2, 0.25) is 0 Å². The van der Waals surface area contributed by atoms with Crippen molar-refractivity contribution in [3.05, 3.63) is 29.8 Å². The van der Waals surface area contributed by atoms with Gasteiger partial charge in [-0.2, -0.15) is 0 Å². The fourth-order valence-electron chi connectivity index (χ4n) is 1.29. The lowest BCUT2D eigenvalue weighted by molar-refractivity contribution is -0.144. The zero-order chi connectivity index (χ0) is 12.0. The van der Waals surface area contributed by atoms with E-state index in [9.17, 15) is 4.79 Å². The summed E-state index contributed by atoms with van der Waals surface area (Å²) in [6.45, 7) is 2.37. The van der Waals surface area contributed by atoms with Crippen LogP contribution in [0.25, 0.3) is 0 Å². The molecule has 88 valence electrons. The van der Waals surface area contributed by atoms with Crippen LogP contribution in [0.4, 0.5) is 0 Å². The van der Waals surface area contributed by atoms with Gasteiger partial charge < -0.3 is 15.6 Å². The molecule has 1 aromatic carbocycles. The van der Waals surface area contributed by atoms with E-state index in [2.05, 4.69) is 0 Å². The van der Waals surface area contributed by atoms with Gasteiger partial charge in [0, 0.05) is 6.04 Å². The van der Waals surface area contributed by atoms with E-state index in [1.165, 1.54) is 0 Å². The van der Waals surface area contributed by atoms with Crippen LogP contribution in [-0.4, -0.2) is 17.7 Å². The normalized spacial score (nSPS) is 12.1. The Morgan fingerprint density at radius 3 is 2.62 bits per heavy atom. The highest BCUT2D eigenvalue weighted by molar-refractivity contribution is 5.70. The van der Waals surface area contributed by atoms with Gasteiger partial charge in [0.15, 0.2) is 0 Å². The molecule has 0 spiro atoms. The summed E-state index contributed by atoms with van der Waals surface area (Å²) in [4.78, 5) is 11.3. The summed E-state index contributed by atoms with van der Waals surface area (Å²) >= 11 is 0. The summed E-state index contributed by atoms with van der Waals surface area (Å²) in [5.74, 6) is -0.105. The molecule has 0 saturated carbocycles. The smallest absolute Gasteiger partial charge is 0.307 e. The molecule has 0 amide bonds. The van der Waals surface area contributed by atoms with Crippen molar-refractivity contribution >= 4 is 5.97 Å². The Balaban J connectivity index is 2.48. The lowest BCUT2D eigenvalue weighted by atomic mass is 10.0. The molecule has 4 nitrogen and oxygen atoms in total. The van der Waals surface area contributed by atoms with Crippen molar-refractivity contribution in [3.63, 3.8) is 0 Å².